The zero-order valence-corrected chi connectivity index (χ0v) is 12.0. The number of nitrogens with one attached hydrogen (secondary N) is 1. The fourth-order valence-electron chi connectivity index (χ4n) is 2.84. The second-order valence-corrected chi connectivity index (χ2v) is 6.15. The number of hydrogen-bond acceptors (Lipinski definition) is 2. The number of ether oxygens (including phenoxy) is 1. The standard InChI is InChI=1S/C17H24FNO/c18-17-9-6-13(11-19-15-7-8-15)10-14(17)12-20-16-4-2-1-3-5-16/h6,9-10,15-16,19H,1-5,7-8,11-12H2. The lowest BCUT2D eigenvalue weighted by molar-refractivity contribution is 0.0156. The maximum atomic E-state index is 13.8. The van der Waals surface area contributed by atoms with Gasteiger partial charge >= 0.3 is 0 Å². The zero-order chi connectivity index (χ0) is 13.8. The quantitative estimate of drug-likeness (QED) is 0.850. The first-order valence-electron chi connectivity index (χ1n) is 7.93. The summed E-state index contributed by atoms with van der Waals surface area (Å²) in [6.07, 6.45) is 8.96. The molecule has 110 valence electrons. The smallest absolute Gasteiger partial charge is 0.128 e. The third-order valence-electron chi connectivity index (χ3n) is 4.31. The van der Waals surface area contributed by atoms with Crippen LogP contribution in [-0.2, 0) is 17.9 Å². The number of halogens is 1. The van der Waals surface area contributed by atoms with Crippen LogP contribution in [-0.4, -0.2) is 12.1 Å². The van der Waals surface area contributed by atoms with Crippen molar-refractivity contribution in [3.05, 3.63) is 35.1 Å². The van der Waals surface area contributed by atoms with E-state index in [0.29, 0.717) is 24.3 Å². The Kier molecular flexibility index (Phi) is 4.69. The molecule has 0 aliphatic heterocycles. The maximum absolute atomic E-state index is 13.8. The predicted molar refractivity (Wildman–Crippen MR) is 77.9 cm³/mol. The molecule has 2 saturated carbocycles. The predicted octanol–water partition coefficient (Wildman–Crippen LogP) is 3.93. The van der Waals surface area contributed by atoms with Gasteiger partial charge in [0.2, 0.25) is 0 Å². The van der Waals surface area contributed by atoms with Gasteiger partial charge in [-0.25, -0.2) is 4.39 Å². The van der Waals surface area contributed by atoms with Crippen LogP contribution in [0.4, 0.5) is 4.39 Å². The van der Waals surface area contributed by atoms with E-state index in [2.05, 4.69) is 5.32 Å². The Labute approximate surface area is 120 Å². The fourth-order valence-corrected chi connectivity index (χ4v) is 2.84. The molecule has 3 heteroatoms. The lowest BCUT2D eigenvalue weighted by Gasteiger charge is -2.22. The Balaban J connectivity index is 1.54. The molecule has 0 amide bonds. The van der Waals surface area contributed by atoms with Crippen molar-refractivity contribution in [1.29, 1.82) is 0 Å². The molecule has 0 bridgehead atoms. The Morgan fingerprint density at radius 2 is 1.90 bits per heavy atom. The van der Waals surface area contributed by atoms with Gasteiger partial charge in [0, 0.05) is 18.2 Å². The summed E-state index contributed by atoms with van der Waals surface area (Å²) in [5.41, 5.74) is 1.85. The van der Waals surface area contributed by atoms with E-state index in [1.807, 2.05) is 12.1 Å². The molecule has 1 N–H and O–H groups in total. The molecule has 0 heterocycles. The highest BCUT2D eigenvalue weighted by molar-refractivity contribution is 5.24. The van der Waals surface area contributed by atoms with Crippen LogP contribution in [0.25, 0.3) is 0 Å². The van der Waals surface area contributed by atoms with Crippen LogP contribution in [0.1, 0.15) is 56.1 Å². The molecule has 2 nitrogen and oxygen atoms in total. The van der Waals surface area contributed by atoms with E-state index in [1.54, 1.807) is 6.07 Å². The molecule has 2 fully saturated rings. The normalized spacial score (nSPS) is 20.2. The summed E-state index contributed by atoms with van der Waals surface area (Å²) < 4.78 is 19.7. The second-order valence-electron chi connectivity index (χ2n) is 6.15. The minimum absolute atomic E-state index is 0.143. The van der Waals surface area contributed by atoms with E-state index in [-0.39, 0.29) is 5.82 Å². The van der Waals surface area contributed by atoms with Crippen molar-refractivity contribution < 1.29 is 9.13 Å². The molecule has 3 rings (SSSR count). The highest BCUT2D eigenvalue weighted by Gasteiger charge is 2.20. The van der Waals surface area contributed by atoms with Crippen molar-refractivity contribution in [3.63, 3.8) is 0 Å². The molecule has 0 atom stereocenters. The van der Waals surface area contributed by atoms with Gasteiger partial charge in [-0.15, -0.1) is 0 Å². The highest BCUT2D eigenvalue weighted by atomic mass is 19.1. The molecule has 0 unspecified atom stereocenters. The Bertz CT molecular complexity index is 439. The minimum Gasteiger partial charge on any atom is -0.373 e. The highest BCUT2D eigenvalue weighted by Crippen LogP contribution is 2.23. The lowest BCUT2D eigenvalue weighted by atomic mass is 9.98. The number of benzene rings is 1. The van der Waals surface area contributed by atoms with E-state index in [4.69, 9.17) is 4.74 Å². The van der Waals surface area contributed by atoms with Crippen LogP contribution in [0.2, 0.25) is 0 Å². The SMILES string of the molecule is Fc1ccc(CNC2CC2)cc1COC1CCCCC1. The molecule has 0 radical (unpaired) electrons. The van der Waals surface area contributed by atoms with Crippen LogP contribution in [0.5, 0.6) is 0 Å². The van der Waals surface area contributed by atoms with Gasteiger partial charge in [0.15, 0.2) is 0 Å². The summed E-state index contributed by atoms with van der Waals surface area (Å²) >= 11 is 0. The van der Waals surface area contributed by atoms with Gasteiger partial charge in [-0.3, -0.25) is 0 Å². The van der Waals surface area contributed by atoms with Crippen LogP contribution in [0.3, 0.4) is 0 Å². The number of rotatable bonds is 6. The molecule has 1 aromatic carbocycles. The Morgan fingerprint density at radius 1 is 1.10 bits per heavy atom. The average molecular weight is 277 g/mol. The first-order valence-corrected chi connectivity index (χ1v) is 7.93. The van der Waals surface area contributed by atoms with Crippen molar-refractivity contribution in [3.8, 4) is 0 Å². The molecule has 0 aromatic heterocycles. The molecule has 20 heavy (non-hydrogen) atoms. The first-order chi connectivity index (χ1) is 9.81. The topological polar surface area (TPSA) is 21.3 Å². The zero-order valence-electron chi connectivity index (χ0n) is 12.0. The fraction of sp³-hybridized carbons (Fsp3) is 0.647. The van der Waals surface area contributed by atoms with Gasteiger partial charge in [-0.05, 0) is 43.4 Å². The summed E-state index contributed by atoms with van der Waals surface area (Å²) in [6.45, 7) is 1.25. The molecule has 2 aliphatic carbocycles. The van der Waals surface area contributed by atoms with Crippen LogP contribution >= 0.6 is 0 Å². The Hall–Kier alpha value is -0.930. The summed E-state index contributed by atoms with van der Waals surface area (Å²) in [7, 11) is 0. The number of hydrogen-bond donors (Lipinski definition) is 1. The first kappa shape index (κ1) is 14.0. The van der Waals surface area contributed by atoms with E-state index in [1.165, 1.54) is 32.1 Å². The maximum Gasteiger partial charge on any atom is 0.128 e. The van der Waals surface area contributed by atoms with Crippen molar-refractivity contribution in [2.24, 2.45) is 0 Å². The monoisotopic (exact) mass is 277 g/mol. The molecule has 0 spiro atoms. The molecule has 1 aromatic rings. The van der Waals surface area contributed by atoms with Crippen LogP contribution in [0, 0.1) is 5.82 Å². The molecule has 0 saturated heterocycles. The lowest BCUT2D eigenvalue weighted by Crippen LogP contribution is -2.17. The van der Waals surface area contributed by atoms with Crippen LogP contribution in [0.15, 0.2) is 18.2 Å². The third kappa shape index (κ3) is 4.03. The van der Waals surface area contributed by atoms with Crippen molar-refractivity contribution in [1.82, 2.24) is 5.32 Å². The summed E-state index contributed by atoms with van der Waals surface area (Å²) in [6, 6.07) is 6.08. The molecule has 2 aliphatic rings. The van der Waals surface area contributed by atoms with Crippen LogP contribution < -0.4 is 5.32 Å². The molecular weight excluding hydrogens is 253 g/mol. The van der Waals surface area contributed by atoms with Crippen molar-refractivity contribution >= 4 is 0 Å². The van der Waals surface area contributed by atoms with E-state index in [0.717, 1.165) is 24.9 Å². The van der Waals surface area contributed by atoms with E-state index >= 15 is 0 Å². The van der Waals surface area contributed by atoms with Gasteiger partial charge in [0.1, 0.15) is 5.82 Å². The van der Waals surface area contributed by atoms with E-state index in [9.17, 15) is 4.39 Å². The van der Waals surface area contributed by atoms with E-state index < -0.39 is 0 Å². The van der Waals surface area contributed by atoms with Gasteiger partial charge in [0.05, 0.1) is 12.7 Å². The second kappa shape index (κ2) is 6.68. The van der Waals surface area contributed by atoms with Crippen molar-refractivity contribution in [2.45, 2.75) is 70.2 Å². The summed E-state index contributed by atoms with van der Waals surface area (Å²) in [5.74, 6) is -0.143. The van der Waals surface area contributed by atoms with Gasteiger partial charge in [-0.1, -0.05) is 25.3 Å². The molecular formula is C17H24FNO. The van der Waals surface area contributed by atoms with Gasteiger partial charge in [-0.2, -0.15) is 0 Å². The third-order valence-corrected chi connectivity index (χ3v) is 4.31. The average Bonchev–Trinajstić information content (AvgIpc) is 3.30. The summed E-state index contributed by atoms with van der Waals surface area (Å²) in [5, 5.41) is 3.46. The van der Waals surface area contributed by atoms with Gasteiger partial charge in [0.25, 0.3) is 0 Å². The van der Waals surface area contributed by atoms with Crippen molar-refractivity contribution in [2.75, 3.05) is 0 Å². The minimum atomic E-state index is -0.143. The summed E-state index contributed by atoms with van der Waals surface area (Å²) in [4.78, 5) is 0. The van der Waals surface area contributed by atoms with Gasteiger partial charge < -0.3 is 10.1 Å². The Morgan fingerprint density at radius 3 is 2.65 bits per heavy atom. The largest absolute Gasteiger partial charge is 0.373 e.